The largest absolute Gasteiger partial charge is 0.358 e. The molecule has 0 saturated carbocycles. The smallest absolute Gasteiger partial charge is 0.295 e. The molecular weight excluding hydrogens is 554 g/mol. The highest BCUT2D eigenvalue weighted by Crippen LogP contribution is 2.38. The van der Waals surface area contributed by atoms with Gasteiger partial charge < -0.3 is 15.4 Å². The van der Waals surface area contributed by atoms with E-state index in [0.29, 0.717) is 41.5 Å². The molecule has 0 spiro atoms. The number of hydrogen-bond acceptors (Lipinski definition) is 9. The van der Waals surface area contributed by atoms with E-state index in [1.165, 1.54) is 11.6 Å². The van der Waals surface area contributed by atoms with Crippen LogP contribution >= 0.6 is 0 Å². The van der Waals surface area contributed by atoms with Gasteiger partial charge in [0.15, 0.2) is 11.5 Å². The number of anilines is 5. The monoisotopic (exact) mass is 582 g/mol. The number of hydrogen-bond donors (Lipinski definition) is 2. The molecule has 5 rings (SSSR count). The van der Waals surface area contributed by atoms with Gasteiger partial charge in [-0.3, -0.25) is 8.87 Å². The molecule has 0 amide bonds. The third-order valence-electron chi connectivity index (χ3n) is 6.78. The number of para-hydroxylation sites is 2. The molecule has 214 valence electrons. The maximum Gasteiger partial charge on any atom is 0.295 e. The molecule has 11 nitrogen and oxygen atoms in total. The first-order valence-corrected chi connectivity index (χ1v) is 14.7. The fourth-order valence-electron chi connectivity index (χ4n) is 4.62. The maximum absolute atomic E-state index is 14.3. The summed E-state index contributed by atoms with van der Waals surface area (Å²) >= 11 is 0. The van der Waals surface area contributed by atoms with Crippen molar-refractivity contribution < 1.29 is 21.9 Å². The highest BCUT2D eigenvalue weighted by molar-refractivity contribution is 7.92. The fraction of sp³-hybridized carbons (Fsp3) is 0.333. The Morgan fingerprint density at radius 1 is 1.10 bits per heavy atom. The van der Waals surface area contributed by atoms with E-state index in [1.54, 1.807) is 49.4 Å². The van der Waals surface area contributed by atoms with Crippen molar-refractivity contribution in [1.29, 1.82) is 5.26 Å². The zero-order valence-corrected chi connectivity index (χ0v) is 23.4. The Morgan fingerprint density at radius 3 is 2.56 bits per heavy atom. The minimum atomic E-state index is -3.60. The predicted molar refractivity (Wildman–Crippen MR) is 151 cm³/mol. The van der Waals surface area contributed by atoms with Crippen LogP contribution in [0.3, 0.4) is 0 Å². The number of nitriles is 1. The first kappa shape index (κ1) is 28.2. The molecule has 1 saturated heterocycles. The number of pyridine rings is 2. The number of aromatic nitrogens is 4. The lowest BCUT2D eigenvalue weighted by atomic mass is 10.2. The van der Waals surface area contributed by atoms with Crippen LogP contribution in [0, 0.1) is 18.3 Å². The normalized spacial score (nSPS) is 15.6. The lowest BCUT2D eigenvalue weighted by Gasteiger charge is -2.25. The van der Waals surface area contributed by atoms with Crippen molar-refractivity contribution in [2.45, 2.75) is 38.8 Å². The molecule has 1 aromatic carbocycles. The number of nitrogens with one attached hydrogen (secondary N) is 2. The summed E-state index contributed by atoms with van der Waals surface area (Å²) in [6.45, 7) is 2.19. The van der Waals surface area contributed by atoms with Gasteiger partial charge >= 0.3 is 0 Å². The summed E-state index contributed by atoms with van der Waals surface area (Å²) in [7, 11) is -2.18. The second kappa shape index (κ2) is 11.3. The molecule has 4 aromatic rings. The molecule has 2 N–H and O–H groups in total. The third kappa shape index (κ3) is 5.77. The Balaban J connectivity index is 1.69. The average Bonchev–Trinajstić information content (AvgIpc) is 3.34. The van der Waals surface area contributed by atoms with Gasteiger partial charge in [0.25, 0.3) is 6.43 Å². The van der Waals surface area contributed by atoms with Crippen LogP contribution in [0.2, 0.25) is 0 Å². The Labute approximate surface area is 235 Å². The summed E-state index contributed by atoms with van der Waals surface area (Å²) in [5, 5.41) is 15.7. The first-order chi connectivity index (χ1) is 19.6. The Morgan fingerprint density at radius 2 is 1.88 bits per heavy atom. The molecule has 3 aromatic heterocycles. The van der Waals surface area contributed by atoms with Gasteiger partial charge in [-0.1, -0.05) is 18.2 Å². The molecule has 0 radical (unpaired) electrons. The van der Waals surface area contributed by atoms with E-state index >= 15 is 0 Å². The summed E-state index contributed by atoms with van der Waals surface area (Å²) < 4.78 is 61.6. The van der Waals surface area contributed by atoms with Crippen LogP contribution in [0.15, 0.2) is 42.5 Å². The van der Waals surface area contributed by atoms with Crippen LogP contribution in [0.25, 0.3) is 11.2 Å². The summed E-state index contributed by atoms with van der Waals surface area (Å²) in [6.07, 6.45) is -0.364. The van der Waals surface area contributed by atoms with Gasteiger partial charge in [-0.15, -0.1) is 0 Å². The van der Waals surface area contributed by atoms with Gasteiger partial charge in [-0.25, -0.2) is 32.2 Å². The van der Waals surface area contributed by atoms with Crippen molar-refractivity contribution in [1.82, 2.24) is 19.5 Å². The zero-order chi connectivity index (χ0) is 29.3. The minimum absolute atomic E-state index is 0.154. The van der Waals surface area contributed by atoms with Crippen molar-refractivity contribution in [3.8, 4) is 6.07 Å². The van der Waals surface area contributed by atoms with Crippen LogP contribution in [0.5, 0.6) is 0 Å². The number of halogens is 2. The molecule has 1 aliphatic heterocycles. The van der Waals surface area contributed by atoms with Crippen molar-refractivity contribution >= 4 is 49.9 Å². The number of sulfonamides is 1. The number of fused-ring (bicyclic) bond motifs is 1. The van der Waals surface area contributed by atoms with Gasteiger partial charge in [0, 0.05) is 19.7 Å². The quantitative estimate of drug-likeness (QED) is 0.275. The van der Waals surface area contributed by atoms with Gasteiger partial charge in [0.05, 0.1) is 23.3 Å². The molecule has 1 unspecified atom stereocenters. The van der Waals surface area contributed by atoms with Gasteiger partial charge in [-0.05, 0) is 49.9 Å². The Kier molecular flexibility index (Phi) is 7.74. The lowest BCUT2D eigenvalue weighted by molar-refractivity contribution is -0.0363. The van der Waals surface area contributed by atoms with Crippen molar-refractivity contribution in [2.24, 2.45) is 0 Å². The molecule has 1 atom stereocenters. The number of imidazole rings is 1. The van der Waals surface area contributed by atoms with Gasteiger partial charge in [-0.2, -0.15) is 5.26 Å². The number of nitrogens with zero attached hydrogens (tertiary/aromatic N) is 6. The molecule has 1 aliphatic rings. The van der Waals surface area contributed by atoms with Gasteiger partial charge in [0.2, 0.25) is 10.0 Å². The van der Waals surface area contributed by atoms with E-state index in [2.05, 4.69) is 25.6 Å². The predicted octanol–water partition coefficient (Wildman–Crippen LogP) is 5.53. The number of benzene rings is 1. The number of ether oxygens (including phenoxy) is 1. The maximum atomic E-state index is 14.3. The molecule has 14 heteroatoms. The van der Waals surface area contributed by atoms with Crippen LogP contribution in [-0.4, -0.2) is 47.8 Å². The SMILES string of the molecule is Cc1ccc(Nc2cc(Nc3ccccc3N(C)S(C)(=O)=O)c3nc(C(F)F)n(C4CCCCO4)c3n2)nc1C#N. The first-order valence-electron chi connectivity index (χ1n) is 12.8. The summed E-state index contributed by atoms with van der Waals surface area (Å²) in [5.41, 5.74) is 2.29. The minimum Gasteiger partial charge on any atom is -0.358 e. The van der Waals surface area contributed by atoms with Crippen LogP contribution < -0.4 is 14.9 Å². The third-order valence-corrected chi connectivity index (χ3v) is 7.98. The molecule has 1 fully saturated rings. The van der Waals surface area contributed by atoms with Crippen molar-refractivity contribution in [3.05, 3.63) is 59.5 Å². The van der Waals surface area contributed by atoms with E-state index in [1.807, 2.05) is 6.07 Å². The van der Waals surface area contributed by atoms with Crippen molar-refractivity contribution in [3.63, 3.8) is 0 Å². The number of rotatable bonds is 8. The topological polar surface area (TPSA) is 138 Å². The highest BCUT2D eigenvalue weighted by atomic mass is 32.2. The molecule has 0 bridgehead atoms. The second-order valence-electron chi connectivity index (χ2n) is 9.66. The Bertz CT molecular complexity index is 1750. The molecule has 4 heterocycles. The van der Waals surface area contributed by atoms with Crippen LogP contribution in [-0.2, 0) is 14.8 Å². The summed E-state index contributed by atoms with van der Waals surface area (Å²) in [6, 6.07) is 13.7. The van der Waals surface area contributed by atoms with Crippen LogP contribution in [0.4, 0.5) is 37.5 Å². The van der Waals surface area contributed by atoms with E-state index in [9.17, 15) is 22.5 Å². The molecule has 41 heavy (non-hydrogen) atoms. The second-order valence-corrected chi connectivity index (χ2v) is 11.7. The van der Waals surface area contributed by atoms with Gasteiger partial charge in [0.1, 0.15) is 35.1 Å². The molecule has 0 aliphatic carbocycles. The van der Waals surface area contributed by atoms with Crippen LogP contribution in [0.1, 0.15) is 49.0 Å². The number of aryl methyl sites for hydroxylation is 1. The van der Waals surface area contributed by atoms with E-state index in [-0.39, 0.29) is 22.7 Å². The summed E-state index contributed by atoms with van der Waals surface area (Å²) in [5.74, 6) is 0.0876. The fourth-order valence-corrected chi connectivity index (χ4v) is 5.14. The Hall–Kier alpha value is -4.35. The number of alkyl halides is 2. The molecular formula is C27H28F2N8O3S. The lowest BCUT2D eigenvalue weighted by Crippen LogP contribution is -2.25. The van der Waals surface area contributed by atoms with E-state index in [0.717, 1.165) is 23.4 Å². The van der Waals surface area contributed by atoms with Crippen molar-refractivity contribution in [2.75, 3.05) is 34.8 Å². The zero-order valence-electron chi connectivity index (χ0n) is 22.6. The average molecular weight is 583 g/mol. The highest BCUT2D eigenvalue weighted by Gasteiger charge is 2.29. The summed E-state index contributed by atoms with van der Waals surface area (Å²) in [4.78, 5) is 13.2. The van der Waals surface area contributed by atoms with E-state index in [4.69, 9.17) is 4.74 Å². The standard InChI is InChI=1S/C27H28F2N8O3S/c1-16-11-12-21(32-19(16)15-30)33-22-14-18(31-17-8-4-5-9-20(17)36(2)41(3,38)39)24-26(34-22)37(27(35-24)25(28)29)23-10-6-7-13-40-23/h4-5,8-9,11-12,14,23,25H,6-7,10,13H2,1-3H3,(H2,31,32,33,34). The van der Waals surface area contributed by atoms with E-state index < -0.39 is 28.5 Å².